The van der Waals surface area contributed by atoms with Gasteiger partial charge in [-0.15, -0.1) is 0 Å². The Morgan fingerprint density at radius 2 is 1.95 bits per heavy atom. The number of aromatic hydroxyl groups is 1. The molecule has 0 spiro atoms. The molecule has 1 aromatic rings. The summed E-state index contributed by atoms with van der Waals surface area (Å²) in [6.07, 6.45) is 3.92. The van der Waals surface area contributed by atoms with Crippen molar-refractivity contribution in [2.75, 3.05) is 0 Å². The summed E-state index contributed by atoms with van der Waals surface area (Å²) in [5.41, 5.74) is 7.39. The predicted molar refractivity (Wildman–Crippen MR) is 73.0 cm³/mol. The zero-order chi connectivity index (χ0) is 13.6. The summed E-state index contributed by atoms with van der Waals surface area (Å²) >= 11 is 0. The van der Waals surface area contributed by atoms with Crippen LogP contribution >= 0.6 is 0 Å². The van der Waals surface area contributed by atoms with Crippen molar-refractivity contribution in [3.05, 3.63) is 29.3 Å². The molecule has 1 aromatic carbocycles. The fourth-order valence-electron chi connectivity index (χ4n) is 3.44. The van der Waals surface area contributed by atoms with E-state index in [0.29, 0.717) is 5.56 Å². The van der Waals surface area contributed by atoms with Crippen LogP contribution in [-0.2, 0) is 0 Å². The standard InChI is InChI=1S/C15H20N2O2/c1-9-2-3-10(6-14(9)18)15(19)17-12-4-5-13(17)8-11(16)7-12/h2-3,6,11-13,18H,4-5,7-8,16H2,1H3. The Balaban J connectivity index is 1.86. The van der Waals surface area contributed by atoms with Crippen LogP contribution in [0.4, 0.5) is 0 Å². The summed E-state index contributed by atoms with van der Waals surface area (Å²) in [6, 6.07) is 5.96. The van der Waals surface area contributed by atoms with Crippen molar-refractivity contribution in [1.29, 1.82) is 0 Å². The summed E-state index contributed by atoms with van der Waals surface area (Å²) < 4.78 is 0. The molecule has 2 fully saturated rings. The third-order valence-corrected chi connectivity index (χ3v) is 4.46. The Labute approximate surface area is 113 Å². The van der Waals surface area contributed by atoms with Gasteiger partial charge in [0, 0.05) is 23.7 Å². The monoisotopic (exact) mass is 260 g/mol. The molecule has 19 heavy (non-hydrogen) atoms. The maximum atomic E-state index is 12.6. The van der Waals surface area contributed by atoms with Crippen LogP contribution in [0.2, 0.25) is 0 Å². The fourth-order valence-corrected chi connectivity index (χ4v) is 3.44. The van der Waals surface area contributed by atoms with E-state index in [4.69, 9.17) is 5.73 Å². The molecule has 0 radical (unpaired) electrons. The minimum Gasteiger partial charge on any atom is -0.508 e. The van der Waals surface area contributed by atoms with Crippen LogP contribution in [0.15, 0.2) is 18.2 Å². The SMILES string of the molecule is Cc1ccc(C(=O)N2C3CCC2CC(N)C3)cc1O. The fraction of sp³-hybridized carbons (Fsp3) is 0.533. The lowest BCUT2D eigenvalue weighted by molar-refractivity contribution is 0.0574. The van der Waals surface area contributed by atoms with Crippen LogP contribution in [0.1, 0.15) is 41.6 Å². The van der Waals surface area contributed by atoms with Crippen molar-refractivity contribution in [2.45, 2.75) is 50.7 Å². The number of amides is 1. The van der Waals surface area contributed by atoms with Crippen molar-refractivity contribution in [3.63, 3.8) is 0 Å². The summed E-state index contributed by atoms with van der Waals surface area (Å²) in [4.78, 5) is 14.6. The van der Waals surface area contributed by atoms with Crippen LogP contribution in [0.25, 0.3) is 0 Å². The number of rotatable bonds is 1. The van der Waals surface area contributed by atoms with Crippen LogP contribution in [0, 0.1) is 6.92 Å². The highest BCUT2D eigenvalue weighted by atomic mass is 16.3. The van der Waals surface area contributed by atoms with Crippen LogP contribution in [0.3, 0.4) is 0 Å². The number of phenols is 1. The molecule has 2 aliphatic heterocycles. The van der Waals surface area contributed by atoms with Gasteiger partial charge in [-0.3, -0.25) is 4.79 Å². The van der Waals surface area contributed by atoms with Gasteiger partial charge in [0.25, 0.3) is 5.91 Å². The first-order chi connectivity index (χ1) is 9.06. The van der Waals surface area contributed by atoms with E-state index in [2.05, 4.69) is 0 Å². The highest BCUT2D eigenvalue weighted by Crippen LogP contribution is 2.36. The Morgan fingerprint density at radius 3 is 2.53 bits per heavy atom. The van der Waals surface area contributed by atoms with Gasteiger partial charge in [-0.1, -0.05) is 6.07 Å². The molecule has 0 aliphatic carbocycles. The van der Waals surface area contributed by atoms with E-state index in [-0.39, 0.29) is 29.8 Å². The first kappa shape index (κ1) is 12.5. The minimum atomic E-state index is 0.0368. The van der Waals surface area contributed by atoms with E-state index in [1.807, 2.05) is 11.8 Å². The molecule has 102 valence electrons. The third-order valence-electron chi connectivity index (χ3n) is 4.46. The Kier molecular flexibility index (Phi) is 2.97. The number of piperidine rings is 1. The molecule has 3 rings (SSSR count). The maximum absolute atomic E-state index is 12.6. The number of aryl methyl sites for hydroxylation is 1. The quantitative estimate of drug-likeness (QED) is 0.809. The van der Waals surface area contributed by atoms with Gasteiger partial charge in [0.15, 0.2) is 0 Å². The Bertz CT molecular complexity index is 501. The normalized spacial score (nSPS) is 29.6. The maximum Gasteiger partial charge on any atom is 0.254 e. The van der Waals surface area contributed by atoms with Gasteiger partial charge in [-0.05, 0) is 50.3 Å². The molecular formula is C15H20N2O2. The van der Waals surface area contributed by atoms with Crippen molar-refractivity contribution in [1.82, 2.24) is 4.90 Å². The third kappa shape index (κ3) is 2.10. The van der Waals surface area contributed by atoms with E-state index in [9.17, 15) is 9.90 Å². The lowest BCUT2D eigenvalue weighted by Crippen LogP contribution is -2.50. The van der Waals surface area contributed by atoms with Gasteiger partial charge >= 0.3 is 0 Å². The topological polar surface area (TPSA) is 66.6 Å². The van der Waals surface area contributed by atoms with E-state index in [1.165, 1.54) is 0 Å². The van der Waals surface area contributed by atoms with Gasteiger partial charge < -0.3 is 15.7 Å². The summed E-state index contributed by atoms with van der Waals surface area (Å²) in [6.45, 7) is 1.83. The van der Waals surface area contributed by atoms with Gasteiger partial charge in [0.1, 0.15) is 5.75 Å². The minimum absolute atomic E-state index is 0.0368. The van der Waals surface area contributed by atoms with E-state index in [1.54, 1.807) is 18.2 Å². The molecule has 4 nitrogen and oxygen atoms in total. The largest absolute Gasteiger partial charge is 0.508 e. The molecule has 0 saturated carbocycles. The number of carbonyl (C=O) groups is 1. The number of hydrogen-bond donors (Lipinski definition) is 2. The average molecular weight is 260 g/mol. The number of nitrogens with two attached hydrogens (primary N) is 1. The Hall–Kier alpha value is -1.55. The number of carbonyl (C=O) groups excluding carboxylic acids is 1. The highest BCUT2D eigenvalue weighted by molar-refractivity contribution is 5.95. The number of benzene rings is 1. The van der Waals surface area contributed by atoms with Crippen LogP contribution in [0.5, 0.6) is 5.75 Å². The molecule has 4 heteroatoms. The summed E-state index contributed by atoms with van der Waals surface area (Å²) in [7, 11) is 0. The van der Waals surface area contributed by atoms with Crippen molar-refractivity contribution in [3.8, 4) is 5.75 Å². The van der Waals surface area contributed by atoms with Crippen LogP contribution < -0.4 is 5.73 Å². The lowest BCUT2D eigenvalue weighted by atomic mass is 9.97. The molecule has 2 aliphatic rings. The number of hydrogen-bond acceptors (Lipinski definition) is 3. The zero-order valence-corrected chi connectivity index (χ0v) is 11.2. The molecule has 1 amide bonds. The summed E-state index contributed by atoms with van der Waals surface area (Å²) in [5, 5.41) is 9.75. The van der Waals surface area contributed by atoms with E-state index in [0.717, 1.165) is 31.2 Å². The number of phenolic OH excluding ortho intramolecular Hbond substituents is 1. The smallest absolute Gasteiger partial charge is 0.254 e. The average Bonchev–Trinajstić information content (AvgIpc) is 2.64. The number of nitrogens with zero attached hydrogens (tertiary/aromatic N) is 1. The first-order valence-electron chi connectivity index (χ1n) is 6.94. The molecule has 2 atom stereocenters. The second kappa shape index (κ2) is 4.53. The van der Waals surface area contributed by atoms with Gasteiger partial charge in [0.2, 0.25) is 0 Å². The second-order valence-corrected chi connectivity index (χ2v) is 5.83. The molecule has 0 aromatic heterocycles. The second-order valence-electron chi connectivity index (χ2n) is 5.83. The van der Waals surface area contributed by atoms with Crippen LogP contribution in [-0.4, -0.2) is 34.0 Å². The highest BCUT2D eigenvalue weighted by Gasteiger charge is 2.42. The van der Waals surface area contributed by atoms with E-state index >= 15 is 0 Å². The summed E-state index contributed by atoms with van der Waals surface area (Å²) in [5.74, 6) is 0.224. The van der Waals surface area contributed by atoms with Gasteiger partial charge in [-0.2, -0.15) is 0 Å². The predicted octanol–water partition coefficient (Wildman–Crippen LogP) is 1.79. The molecule has 2 unspecified atom stereocenters. The van der Waals surface area contributed by atoms with Crippen molar-refractivity contribution in [2.24, 2.45) is 5.73 Å². The molecule has 2 heterocycles. The van der Waals surface area contributed by atoms with E-state index < -0.39 is 0 Å². The van der Waals surface area contributed by atoms with Gasteiger partial charge in [0.05, 0.1) is 0 Å². The first-order valence-corrected chi connectivity index (χ1v) is 6.94. The molecule has 3 N–H and O–H groups in total. The molecule has 2 saturated heterocycles. The number of fused-ring (bicyclic) bond motifs is 2. The zero-order valence-electron chi connectivity index (χ0n) is 11.2. The van der Waals surface area contributed by atoms with Crippen molar-refractivity contribution < 1.29 is 9.90 Å². The molecule has 2 bridgehead atoms. The molecular weight excluding hydrogens is 240 g/mol. The van der Waals surface area contributed by atoms with Crippen molar-refractivity contribution >= 4 is 5.91 Å². The van der Waals surface area contributed by atoms with Gasteiger partial charge in [-0.25, -0.2) is 0 Å². The lowest BCUT2D eigenvalue weighted by Gasteiger charge is -2.37. The Morgan fingerprint density at radius 1 is 1.32 bits per heavy atom.